The Morgan fingerprint density at radius 3 is 2.74 bits per heavy atom. The number of aliphatic hydroxyl groups excluding tert-OH is 1. The molecule has 1 aromatic carbocycles. The van der Waals surface area contributed by atoms with E-state index in [2.05, 4.69) is 0 Å². The summed E-state index contributed by atoms with van der Waals surface area (Å²) >= 11 is 0. The summed E-state index contributed by atoms with van der Waals surface area (Å²) in [5.74, 6) is 0.980. The number of ether oxygens (including phenoxy) is 4. The van der Waals surface area contributed by atoms with E-state index in [0.717, 1.165) is 0 Å². The van der Waals surface area contributed by atoms with Crippen molar-refractivity contribution in [2.45, 2.75) is 18.2 Å². The number of hydrogen-bond acceptors (Lipinski definition) is 6. The number of nitrogens with zero attached hydrogens (tertiary/aromatic N) is 1. The van der Waals surface area contributed by atoms with Gasteiger partial charge in [0.25, 0.3) is 5.91 Å². The molecule has 2 heterocycles. The number of amides is 1. The molecule has 3 atom stereocenters. The number of methoxy groups -OCH3 is 1. The van der Waals surface area contributed by atoms with Gasteiger partial charge in [-0.15, -0.1) is 0 Å². The van der Waals surface area contributed by atoms with Gasteiger partial charge < -0.3 is 29.0 Å². The van der Waals surface area contributed by atoms with Crippen LogP contribution in [0, 0.1) is 0 Å². The van der Waals surface area contributed by atoms with Gasteiger partial charge in [0, 0.05) is 19.7 Å². The van der Waals surface area contributed by atoms with Gasteiger partial charge in [0.05, 0.1) is 19.3 Å². The lowest BCUT2D eigenvalue weighted by Crippen LogP contribution is -2.56. The van der Waals surface area contributed by atoms with Crippen molar-refractivity contribution in [3.63, 3.8) is 0 Å². The van der Waals surface area contributed by atoms with Gasteiger partial charge >= 0.3 is 0 Å². The maximum atomic E-state index is 12.7. The van der Waals surface area contributed by atoms with E-state index >= 15 is 0 Å². The maximum absolute atomic E-state index is 12.7. The average molecular weight is 323 g/mol. The summed E-state index contributed by atoms with van der Waals surface area (Å²) in [6, 6.07) is 4.61. The zero-order valence-corrected chi connectivity index (χ0v) is 13.2. The predicted octanol–water partition coefficient (Wildman–Crippen LogP) is 0.304. The summed E-state index contributed by atoms with van der Waals surface area (Å²) in [6.45, 7) is 1.56. The maximum Gasteiger partial charge on any atom is 0.254 e. The first-order valence-electron chi connectivity index (χ1n) is 7.57. The third kappa shape index (κ3) is 3.12. The van der Waals surface area contributed by atoms with Gasteiger partial charge in [-0.25, -0.2) is 0 Å². The minimum absolute atomic E-state index is 0.216. The number of benzene rings is 1. The summed E-state index contributed by atoms with van der Waals surface area (Å²) in [4.78, 5) is 14.2. The number of carbonyl (C=O) groups is 1. The Balaban J connectivity index is 1.76. The predicted molar refractivity (Wildman–Crippen MR) is 80.9 cm³/mol. The molecule has 1 N–H and O–H groups in total. The Labute approximate surface area is 134 Å². The molecule has 2 aliphatic rings. The second-order valence-corrected chi connectivity index (χ2v) is 5.64. The SMILES string of the molecule is CO[C@@H]1COC[C@@H](N(C)C(=O)c2ccc3c(c2)OCCO3)[C@@H]1O. The molecular weight excluding hydrogens is 302 g/mol. The molecule has 2 aliphatic heterocycles. The van der Waals surface area contributed by atoms with E-state index < -0.39 is 18.2 Å². The van der Waals surface area contributed by atoms with Crippen molar-refractivity contribution in [1.82, 2.24) is 4.90 Å². The highest BCUT2D eigenvalue weighted by Crippen LogP contribution is 2.31. The molecule has 126 valence electrons. The van der Waals surface area contributed by atoms with Crippen LogP contribution in [-0.4, -0.2) is 74.7 Å². The normalized spacial score (nSPS) is 26.7. The summed E-state index contributed by atoms with van der Waals surface area (Å²) < 4.78 is 21.6. The van der Waals surface area contributed by atoms with Crippen molar-refractivity contribution < 1.29 is 28.8 Å². The number of fused-ring (bicyclic) bond motifs is 1. The molecule has 1 aromatic rings. The number of aliphatic hydroxyl groups is 1. The number of likely N-dealkylation sites (N-methyl/N-ethyl adjacent to an activating group) is 1. The van der Waals surface area contributed by atoms with E-state index in [9.17, 15) is 9.90 Å². The van der Waals surface area contributed by atoms with E-state index in [0.29, 0.717) is 36.9 Å². The van der Waals surface area contributed by atoms with Crippen molar-refractivity contribution in [1.29, 1.82) is 0 Å². The van der Waals surface area contributed by atoms with Gasteiger partial charge in [0.15, 0.2) is 11.5 Å². The highest BCUT2D eigenvalue weighted by atomic mass is 16.6. The summed E-state index contributed by atoms with van der Waals surface area (Å²) in [5, 5.41) is 10.3. The van der Waals surface area contributed by atoms with Gasteiger partial charge in [-0.1, -0.05) is 0 Å². The molecule has 0 bridgehead atoms. The minimum atomic E-state index is -0.792. The summed E-state index contributed by atoms with van der Waals surface area (Å²) in [7, 11) is 3.16. The molecule has 7 heteroatoms. The molecule has 1 amide bonds. The lowest BCUT2D eigenvalue weighted by molar-refractivity contribution is -0.135. The van der Waals surface area contributed by atoms with Gasteiger partial charge in [0.2, 0.25) is 0 Å². The van der Waals surface area contributed by atoms with E-state index in [1.807, 2.05) is 0 Å². The zero-order chi connectivity index (χ0) is 16.4. The molecule has 0 aromatic heterocycles. The van der Waals surface area contributed by atoms with Gasteiger partial charge in [0.1, 0.15) is 25.4 Å². The summed E-state index contributed by atoms with van der Waals surface area (Å²) in [5.41, 5.74) is 0.475. The second-order valence-electron chi connectivity index (χ2n) is 5.64. The number of carbonyl (C=O) groups excluding carboxylic acids is 1. The van der Waals surface area contributed by atoms with E-state index in [-0.39, 0.29) is 12.5 Å². The third-order valence-electron chi connectivity index (χ3n) is 4.26. The smallest absolute Gasteiger partial charge is 0.254 e. The van der Waals surface area contributed by atoms with Crippen molar-refractivity contribution in [2.75, 3.05) is 40.6 Å². The first kappa shape index (κ1) is 16.0. The molecule has 1 fully saturated rings. The van der Waals surface area contributed by atoms with Crippen LogP contribution in [0.3, 0.4) is 0 Å². The van der Waals surface area contributed by atoms with Crippen LogP contribution in [0.25, 0.3) is 0 Å². The van der Waals surface area contributed by atoms with Gasteiger partial charge in [-0.05, 0) is 18.2 Å². The van der Waals surface area contributed by atoms with Crippen molar-refractivity contribution in [3.8, 4) is 11.5 Å². The van der Waals surface area contributed by atoms with Crippen LogP contribution in [0.5, 0.6) is 11.5 Å². The van der Waals surface area contributed by atoms with Crippen LogP contribution >= 0.6 is 0 Å². The fraction of sp³-hybridized carbons (Fsp3) is 0.562. The van der Waals surface area contributed by atoms with Crippen LogP contribution in [0.4, 0.5) is 0 Å². The fourth-order valence-corrected chi connectivity index (χ4v) is 2.83. The minimum Gasteiger partial charge on any atom is -0.486 e. The molecule has 7 nitrogen and oxygen atoms in total. The molecule has 1 saturated heterocycles. The van der Waals surface area contributed by atoms with Gasteiger partial charge in [-0.2, -0.15) is 0 Å². The zero-order valence-electron chi connectivity index (χ0n) is 13.2. The molecule has 0 saturated carbocycles. The topological polar surface area (TPSA) is 77.5 Å². The Hall–Kier alpha value is -1.83. The Morgan fingerprint density at radius 1 is 1.26 bits per heavy atom. The first-order valence-corrected chi connectivity index (χ1v) is 7.57. The molecule has 0 aliphatic carbocycles. The molecular formula is C16H21NO6. The van der Waals surface area contributed by atoms with Crippen molar-refractivity contribution in [3.05, 3.63) is 23.8 Å². The quantitative estimate of drug-likeness (QED) is 0.862. The van der Waals surface area contributed by atoms with Gasteiger partial charge in [-0.3, -0.25) is 4.79 Å². The van der Waals surface area contributed by atoms with Crippen molar-refractivity contribution in [2.24, 2.45) is 0 Å². The standard InChI is InChI=1S/C16H21NO6/c1-17(11-8-21-9-14(20-2)15(11)18)16(19)10-3-4-12-13(7-10)23-6-5-22-12/h3-4,7,11,14-15,18H,5-6,8-9H2,1-2H3/t11-,14-,15+/m1/s1. The fourth-order valence-electron chi connectivity index (χ4n) is 2.83. The highest BCUT2D eigenvalue weighted by molar-refractivity contribution is 5.95. The number of rotatable bonds is 3. The van der Waals surface area contributed by atoms with E-state index in [1.165, 1.54) is 12.0 Å². The highest BCUT2D eigenvalue weighted by Gasteiger charge is 2.37. The van der Waals surface area contributed by atoms with Crippen LogP contribution in [0.1, 0.15) is 10.4 Å². The van der Waals surface area contributed by atoms with Crippen LogP contribution in [0.15, 0.2) is 18.2 Å². The second kappa shape index (κ2) is 6.74. The Bertz CT molecular complexity index is 578. The molecule has 0 radical (unpaired) electrons. The third-order valence-corrected chi connectivity index (χ3v) is 4.26. The summed E-state index contributed by atoms with van der Waals surface area (Å²) in [6.07, 6.45) is -1.23. The van der Waals surface area contributed by atoms with Crippen molar-refractivity contribution >= 4 is 5.91 Å². The van der Waals surface area contributed by atoms with Crippen LogP contribution in [-0.2, 0) is 9.47 Å². The molecule has 3 rings (SSSR count). The number of hydrogen-bond donors (Lipinski definition) is 1. The van der Waals surface area contributed by atoms with Crippen LogP contribution in [0.2, 0.25) is 0 Å². The molecule has 0 unspecified atom stereocenters. The molecule has 23 heavy (non-hydrogen) atoms. The lowest BCUT2D eigenvalue weighted by atomic mass is 10.0. The molecule has 0 spiro atoms. The lowest BCUT2D eigenvalue weighted by Gasteiger charge is -2.38. The Morgan fingerprint density at radius 2 is 2.00 bits per heavy atom. The first-order chi connectivity index (χ1) is 11.1. The average Bonchev–Trinajstić information content (AvgIpc) is 2.60. The Kier molecular flexibility index (Phi) is 4.70. The largest absolute Gasteiger partial charge is 0.486 e. The van der Waals surface area contributed by atoms with Crippen LogP contribution < -0.4 is 9.47 Å². The van der Waals surface area contributed by atoms with E-state index in [1.54, 1.807) is 25.2 Å². The monoisotopic (exact) mass is 323 g/mol. The van der Waals surface area contributed by atoms with E-state index in [4.69, 9.17) is 18.9 Å².